The first-order valence-electron chi connectivity index (χ1n) is 5.65. The Labute approximate surface area is 96.8 Å². The summed E-state index contributed by atoms with van der Waals surface area (Å²) in [5.41, 5.74) is 1.10. The normalized spacial score (nSPS) is 12.2. The second kappa shape index (κ2) is 6.16. The minimum atomic E-state index is -0.356. The van der Waals surface area contributed by atoms with Crippen LogP contribution in [0.25, 0.3) is 0 Å². The van der Waals surface area contributed by atoms with Gasteiger partial charge in [-0.3, -0.25) is 0 Å². The lowest BCUT2D eigenvalue weighted by atomic mass is 10.1. The van der Waals surface area contributed by atoms with Crippen molar-refractivity contribution in [1.82, 2.24) is 5.32 Å². The molecule has 0 radical (unpaired) electrons. The Morgan fingerprint density at radius 1 is 1.31 bits per heavy atom. The van der Waals surface area contributed by atoms with Gasteiger partial charge in [-0.1, -0.05) is 37.3 Å². The maximum absolute atomic E-state index is 11.5. The molecule has 0 aromatic heterocycles. The van der Waals surface area contributed by atoms with Gasteiger partial charge in [-0.25, -0.2) is 4.79 Å². The number of carbonyl (C=O) groups is 1. The third kappa shape index (κ3) is 3.93. The molecule has 1 aromatic rings. The highest BCUT2D eigenvalue weighted by Gasteiger charge is 2.13. The zero-order valence-electron chi connectivity index (χ0n) is 10.1. The molecule has 0 aliphatic carbocycles. The van der Waals surface area contributed by atoms with Gasteiger partial charge < -0.3 is 10.1 Å². The molecule has 3 heteroatoms. The summed E-state index contributed by atoms with van der Waals surface area (Å²) < 4.78 is 5.05. The van der Waals surface area contributed by atoms with Crippen LogP contribution in [0.4, 0.5) is 4.79 Å². The smallest absolute Gasteiger partial charge is 0.407 e. The Balaban J connectivity index is 2.59. The van der Waals surface area contributed by atoms with Gasteiger partial charge in [0, 0.05) is 0 Å². The van der Waals surface area contributed by atoms with Crippen molar-refractivity contribution in [3.05, 3.63) is 35.9 Å². The highest BCUT2D eigenvalue weighted by atomic mass is 16.6. The minimum absolute atomic E-state index is 0.0208. The van der Waals surface area contributed by atoms with E-state index in [1.807, 2.05) is 51.1 Å². The van der Waals surface area contributed by atoms with E-state index in [9.17, 15) is 4.79 Å². The lowest BCUT2D eigenvalue weighted by Gasteiger charge is -2.18. The summed E-state index contributed by atoms with van der Waals surface area (Å²) in [6.07, 6.45) is 0.399. The molecule has 3 nitrogen and oxygen atoms in total. The monoisotopic (exact) mass is 221 g/mol. The van der Waals surface area contributed by atoms with Crippen LogP contribution in [0.3, 0.4) is 0 Å². The van der Waals surface area contributed by atoms with E-state index in [1.165, 1.54) is 0 Å². The van der Waals surface area contributed by atoms with Crippen LogP contribution < -0.4 is 5.32 Å². The van der Waals surface area contributed by atoms with Crippen LogP contribution in [0.15, 0.2) is 30.3 Å². The maximum Gasteiger partial charge on any atom is 0.407 e. The Hall–Kier alpha value is -1.51. The first kappa shape index (κ1) is 12.6. The number of hydrogen-bond acceptors (Lipinski definition) is 2. The van der Waals surface area contributed by atoms with Gasteiger partial charge >= 0.3 is 6.09 Å². The van der Waals surface area contributed by atoms with Crippen molar-refractivity contribution < 1.29 is 9.53 Å². The molecule has 0 fully saturated rings. The van der Waals surface area contributed by atoms with Crippen LogP contribution in [0.2, 0.25) is 0 Å². The molecule has 0 saturated heterocycles. The van der Waals surface area contributed by atoms with E-state index < -0.39 is 0 Å². The van der Waals surface area contributed by atoms with Gasteiger partial charge in [0.15, 0.2) is 0 Å². The third-order valence-corrected chi connectivity index (χ3v) is 2.25. The van der Waals surface area contributed by atoms with Crippen molar-refractivity contribution in [2.24, 2.45) is 0 Å². The number of nitrogens with one attached hydrogen (secondary N) is 1. The van der Waals surface area contributed by atoms with Gasteiger partial charge in [0.1, 0.15) is 0 Å². The van der Waals surface area contributed by atoms with Crippen LogP contribution >= 0.6 is 0 Å². The van der Waals surface area contributed by atoms with Crippen molar-refractivity contribution in [2.45, 2.75) is 39.3 Å². The van der Waals surface area contributed by atoms with Crippen LogP contribution in [0.1, 0.15) is 38.8 Å². The Kier molecular flexibility index (Phi) is 4.83. The molecule has 0 heterocycles. The lowest BCUT2D eigenvalue weighted by molar-refractivity contribution is 0.112. The summed E-state index contributed by atoms with van der Waals surface area (Å²) in [4.78, 5) is 11.5. The number of amides is 1. The van der Waals surface area contributed by atoms with Crippen molar-refractivity contribution in [3.63, 3.8) is 0 Å². The van der Waals surface area contributed by atoms with E-state index in [0.29, 0.717) is 0 Å². The fraction of sp³-hybridized carbons (Fsp3) is 0.462. The minimum Gasteiger partial charge on any atom is -0.447 e. The van der Waals surface area contributed by atoms with Gasteiger partial charge in [-0.2, -0.15) is 0 Å². The molecular formula is C13H19NO2. The number of carbonyl (C=O) groups excluding carboxylic acids is 1. The summed E-state index contributed by atoms with van der Waals surface area (Å²) >= 11 is 0. The highest BCUT2D eigenvalue weighted by Crippen LogP contribution is 2.15. The number of ether oxygens (including phenoxy) is 1. The largest absolute Gasteiger partial charge is 0.447 e. The fourth-order valence-corrected chi connectivity index (χ4v) is 1.50. The Bertz CT molecular complexity index is 322. The first-order chi connectivity index (χ1) is 7.63. The summed E-state index contributed by atoms with van der Waals surface area (Å²) in [7, 11) is 0. The Morgan fingerprint density at radius 3 is 2.44 bits per heavy atom. The van der Waals surface area contributed by atoms with Gasteiger partial charge in [-0.05, 0) is 25.8 Å². The number of alkyl carbamates (subject to hydrolysis) is 1. The van der Waals surface area contributed by atoms with Crippen molar-refractivity contribution in [3.8, 4) is 0 Å². The summed E-state index contributed by atoms with van der Waals surface area (Å²) in [5, 5.41) is 2.85. The quantitative estimate of drug-likeness (QED) is 0.847. The van der Waals surface area contributed by atoms with Crippen LogP contribution in [0, 0.1) is 0 Å². The summed E-state index contributed by atoms with van der Waals surface area (Å²) in [5.74, 6) is 0. The maximum atomic E-state index is 11.5. The molecule has 88 valence electrons. The molecule has 0 saturated carbocycles. The number of rotatable bonds is 4. The first-order valence-corrected chi connectivity index (χ1v) is 5.65. The van der Waals surface area contributed by atoms with Gasteiger partial charge in [-0.15, -0.1) is 0 Å². The molecule has 1 N–H and O–H groups in total. The average molecular weight is 221 g/mol. The van der Waals surface area contributed by atoms with Crippen LogP contribution in [0.5, 0.6) is 0 Å². The molecule has 1 amide bonds. The standard InChI is InChI=1S/C13H19NO2/c1-4-12(11-8-6-5-7-9-11)14-13(15)16-10(2)3/h5-10,12H,4H2,1-3H3,(H,14,15). The molecule has 0 aliphatic rings. The van der Waals surface area contributed by atoms with E-state index in [0.717, 1.165) is 12.0 Å². The van der Waals surface area contributed by atoms with E-state index in [2.05, 4.69) is 5.32 Å². The molecule has 0 bridgehead atoms. The van der Waals surface area contributed by atoms with Gasteiger partial charge in [0.25, 0.3) is 0 Å². The van der Waals surface area contributed by atoms with Gasteiger partial charge in [0.2, 0.25) is 0 Å². The molecular weight excluding hydrogens is 202 g/mol. The number of hydrogen-bond donors (Lipinski definition) is 1. The van der Waals surface area contributed by atoms with E-state index in [4.69, 9.17) is 4.74 Å². The zero-order valence-corrected chi connectivity index (χ0v) is 10.1. The SMILES string of the molecule is CCC(NC(=O)OC(C)C)c1ccccc1. The zero-order chi connectivity index (χ0) is 12.0. The predicted molar refractivity (Wildman–Crippen MR) is 64.2 cm³/mol. The van der Waals surface area contributed by atoms with Gasteiger partial charge in [0.05, 0.1) is 12.1 Å². The van der Waals surface area contributed by atoms with Crippen molar-refractivity contribution in [2.75, 3.05) is 0 Å². The number of benzene rings is 1. The van der Waals surface area contributed by atoms with E-state index >= 15 is 0 Å². The summed E-state index contributed by atoms with van der Waals surface area (Å²) in [6.45, 7) is 5.71. The van der Waals surface area contributed by atoms with E-state index in [1.54, 1.807) is 0 Å². The topological polar surface area (TPSA) is 38.3 Å². The second-order valence-corrected chi connectivity index (χ2v) is 3.97. The predicted octanol–water partition coefficient (Wildman–Crippen LogP) is 3.27. The molecule has 0 aliphatic heterocycles. The van der Waals surface area contributed by atoms with Crippen LogP contribution in [-0.2, 0) is 4.74 Å². The molecule has 16 heavy (non-hydrogen) atoms. The Morgan fingerprint density at radius 2 is 1.94 bits per heavy atom. The third-order valence-electron chi connectivity index (χ3n) is 2.25. The molecule has 1 rings (SSSR count). The highest BCUT2D eigenvalue weighted by molar-refractivity contribution is 5.68. The molecule has 1 unspecified atom stereocenters. The molecule has 0 spiro atoms. The molecule has 1 atom stereocenters. The van der Waals surface area contributed by atoms with Crippen molar-refractivity contribution >= 4 is 6.09 Å². The van der Waals surface area contributed by atoms with Crippen LogP contribution in [-0.4, -0.2) is 12.2 Å². The molecule has 1 aromatic carbocycles. The van der Waals surface area contributed by atoms with Crippen molar-refractivity contribution in [1.29, 1.82) is 0 Å². The second-order valence-electron chi connectivity index (χ2n) is 3.97. The lowest BCUT2D eigenvalue weighted by Crippen LogP contribution is -2.30. The average Bonchev–Trinajstić information content (AvgIpc) is 2.26. The summed E-state index contributed by atoms with van der Waals surface area (Å²) in [6, 6.07) is 9.92. The fourth-order valence-electron chi connectivity index (χ4n) is 1.50. The van der Waals surface area contributed by atoms with E-state index in [-0.39, 0.29) is 18.2 Å².